The predicted molar refractivity (Wildman–Crippen MR) is 288 cm³/mol. The zero-order valence-corrected chi connectivity index (χ0v) is 46.2. The molecule has 0 aliphatic heterocycles. The van der Waals surface area contributed by atoms with Gasteiger partial charge in [0.05, 0.1) is 40.3 Å². The number of carbonyl (C=O) groups is 3. The summed E-state index contributed by atoms with van der Waals surface area (Å²) in [7, 11) is 5.93. The van der Waals surface area contributed by atoms with Gasteiger partial charge < -0.3 is 33.3 Å². The number of carboxylic acids is 1. The van der Waals surface area contributed by atoms with Crippen molar-refractivity contribution >= 4 is 17.9 Å². The van der Waals surface area contributed by atoms with Crippen LogP contribution in [0.25, 0.3) is 0 Å². The van der Waals surface area contributed by atoms with Crippen LogP contribution in [0.4, 0.5) is 0 Å². The number of carboxylic acid groups (broad SMARTS) is 1. The number of aliphatic carboxylic acids is 1. The molecule has 0 rings (SSSR count). The lowest BCUT2D eigenvalue weighted by atomic mass is 10.0. The van der Waals surface area contributed by atoms with Gasteiger partial charge in [-0.3, -0.25) is 9.59 Å². The van der Waals surface area contributed by atoms with Gasteiger partial charge in [0.2, 0.25) is 0 Å². The minimum Gasteiger partial charge on any atom is -0.545 e. The Morgan fingerprint density at radius 1 is 0.420 bits per heavy atom. The second-order valence-electron chi connectivity index (χ2n) is 21.3. The molecule has 0 heterocycles. The SMILES string of the molecule is CCCCCCCC/C=C\CCCCCCCCCC(=O)OCC(COC(OCC[N+](C)(C)C)C(=O)[O-])OC(=O)CCCCCCCCCCCCCCCCC/C=C\CCCCCCCCCC. The van der Waals surface area contributed by atoms with Crippen LogP contribution in [-0.4, -0.2) is 82.3 Å². The third-order valence-corrected chi connectivity index (χ3v) is 13.2. The molecule has 0 amide bonds. The summed E-state index contributed by atoms with van der Waals surface area (Å²) in [6, 6.07) is 0. The zero-order valence-electron chi connectivity index (χ0n) is 46.2. The van der Waals surface area contributed by atoms with Crippen LogP contribution >= 0.6 is 0 Å². The minimum absolute atomic E-state index is 0.149. The second-order valence-corrected chi connectivity index (χ2v) is 21.3. The Hall–Kier alpha value is -2.23. The largest absolute Gasteiger partial charge is 0.545 e. The first-order chi connectivity index (χ1) is 33.6. The van der Waals surface area contributed by atoms with E-state index in [0.29, 0.717) is 23.9 Å². The van der Waals surface area contributed by atoms with Gasteiger partial charge in [0.15, 0.2) is 12.4 Å². The number of rotatable bonds is 55. The number of esters is 2. The lowest BCUT2D eigenvalue weighted by Crippen LogP contribution is -2.44. The molecular formula is C60H113NO8. The highest BCUT2D eigenvalue weighted by atomic mass is 16.7. The Morgan fingerprint density at radius 3 is 1.07 bits per heavy atom. The van der Waals surface area contributed by atoms with Crippen molar-refractivity contribution in [2.24, 2.45) is 0 Å². The number of quaternary nitrogens is 1. The molecule has 0 bridgehead atoms. The van der Waals surface area contributed by atoms with Crippen LogP contribution in [0.3, 0.4) is 0 Å². The predicted octanol–water partition coefficient (Wildman–Crippen LogP) is 15.8. The molecule has 0 spiro atoms. The first kappa shape index (κ1) is 66.8. The molecule has 0 aliphatic carbocycles. The maximum Gasteiger partial charge on any atom is 0.306 e. The van der Waals surface area contributed by atoms with Crippen molar-refractivity contribution in [2.75, 3.05) is 47.5 Å². The van der Waals surface area contributed by atoms with Gasteiger partial charge in [-0.2, -0.15) is 0 Å². The van der Waals surface area contributed by atoms with E-state index in [-0.39, 0.29) is 32.2 Å². The van der Waals surface area contributed by atoms with Gasteiger partial charge in [0, 0.05) is 12.8 Å². The van der Waals surface area contributed by atoms with E-state index in [4.69, 9.17) is 18.9 Å². The maximum atomic E-state index is 12.9. The van der Waals surface area contributed by atoms with Gasteiger partial charge in [-0.25, -0.2) is 0 Å². The van der Waals surface area contributed by atoms with Gasteiger partial charge in [-0.1, -0.05) is 231 Å². The fraction of sp³-hybridized carbons (Fsp3) is 0.883. The summed E-state index contributed by atoms with van der Waals surface area (Å²) >= 11 is 0. The van der Waals surface area contributed by atoms with E-state index in [2.05, 4.69) is 38.2 Å². The summed E-state index contributed by atoms with van der Waals surface area (Å²) in [6.45, 7) is 4.78. The van der Waals surface area contributed by atoms with Crippen molar-refractivity contribution in [3.05, 3.63) is 24.3 Å². The van der Waals surface area contributed by atoms with Gasteiger partial charge in [0.25, 0.3) is 0 Å². The average Bonchev–Trinajstić information content (AvgIpc) is 3.31. The highest BCUT2D eigenvalue weighted by Crippen LogP contribution is 2.17. The summed E-state index contributed by atoms with van der Waals surface area (Å²) in [5.74, 6) is -2.27. The highest BCUT2D eigenvalue weighted by Gasteiger charge is 2.22. The van der Waals surface area contributed by atoms with Crippen molar-refractivity contribution in [3.63, 3.8) is 0 Å². The first-order valence-corrected chi connectivity index (χ1v) is 29.5. The minimum atomic E-state index is -1.62. The number of allylic oxidation sites excluding steroid dienone is 4. The topological polar surface area (TPSA) is 111 Å². The van der Waals surface area contributed by atoms with Crippen molar-refractivity contribution < 1.29 is 42.9 Å². The first-order valence-electron chi connectivity index (χ1n) is 29.5. The Labute approximate surface area is 427 Å². The molecule has 9 nitrogen and oxygen atoms in total. The number of nitrogens with zero attached hydrogens (tertiary/aromatic N) is 1. The van der Waals surface area contributed by atoms with E-state index < -0.39 is 24.3 Å². The monoisotopic (exact) mass is 976 g/mol. The van der Waals surface area contributed by atoms with Crippen LogP contribution in [0.1, 0.15) is 284 Å². The lowest BCUT2D eigenvalue weighted by molar-refractivity contribution is -0.870. The quantitative estimate of drug-likeness (QED) is 0.0195. The van der Waals surface area contributed by atoms with Gasteiger partial charge in [0.1, 0.15) is 13.2 Å². The fourth-order valence-corrected chi connectivity index (χ4v) is 8.59. The molecule has 0 saturated carbocycles. The standard InChI is InChI=1S/C60H113NO8/c1-6-8-10-12-14-16-18-20-22-24-25-26-27-28-29-30-31-32-33-35-37-39-41-43-45-47-49-51-58(63)69-56(55-68-60(59(64)65)66-53-52-61(3,4)5)54-67-57(62)50-48-46-44-42-40-38-36-34-23-21-19-17-15-13-11-9-7-2/h21,23-25,56,60H,6-20,22,26-55H2,1-5H3/b23-21-,25-24-. The molecule has 2 unspecified atom stereocenters. The highest BCUT2D eigenvalue weighted by molar-refractivity contribution is 5.70. The molecule has 69 heavy (non-hydrogen) atoms. The third kappa shape index (κ3) is 53.4. The van der Waals surface area contributed by atoms with Crippen LogP contribution < -0.4 is 5.11 Å². The molecule has 2 atom stereocenters. The summed E-state index contributed by atoms with van der Waals surface area (Å²) in [4.78, 5) is 37.3. The number of hydrogen-bond donors (Lipinski definition) is 0. The third-order valence-electron chi connectivity index (χ3n) is 13.2. The van der Waals surface area contributed by atoms with Crippen LogP contribution in [-0.2, 0) is 33.3 Å². The van der Waals surface area contributed by atoms with Gasteiger partial charge in [-0.15, -0.1) is 0 Å². The van der Waals surface area contributed by atoms with E-state index in [1.54, 1.807) is 0 Å². The van der Waals surface area contributed by atoms with Crippen molar-refractivity contribution in [1.82, 2.24) is 0 Å². The van der Waals surface area contributed by atoms with E-state index in [0.717, 1.165) is 32.1 Å². The number of carbonyl (C=O) groups excluding carboxylic acids is 3. The molecule has 0 aromatic rings. The molecule has 9 heteroatoms. The van der Waals surface area contributed by atoms with Gasteiger partial charge >= 0.3 is 11.9 Å². The maximum absolute atomic E-state index is 12.9. The molecular weight excluding hydrogens is 863 g/mol. The van der Waals surface area contributed by atoms with Gasteiger partial charge in [-0.05, 0) is 64.2 Å². The summed E-state index contributed by atoms with van der Waals surface area (Å²) in [6.07, 6.45) is 58.0. The molecule has 0 aromatic heterocycles. The van der Waals surface area contributed by atoms with Crippen LogP contribution in [0.2, 0.25) is 0 Å². The summed E-state index contributed by atoms with van der Waals surface area (Å²) in [5, 5.41) is 11.8. The molecule has 0 aromatic carbocycles. The van der Waals surface area contributed by atoms with Crippen LogP contribution in [0.15, 0.2) is 24.3 Å². The summed E-state index contributed by atoms with van der Waals surface area (Å²) in [5.41, 5.74) is 0. The zero-order chi connectivity index (χ0) is 50.6. The van der Waals surface area contributed by atoms with E-state index in [1.807, 2.05) is 21.1 Å². The van der Waals surface area contributed by atoms with Crippen LogP contribution in [0, 0.1) is 0 Å². The average molecular weight is 977 g/mol. The number of hydrogen-bond acceptors (Lipinski definition) is 8. The molecule has 0 saturated heterocycles. The Kier molecular flexibility index (Phi) is 50.4. The normalized spacial score (nSPS) is 12.9. The number of likely N-dealkylation sites (N-methyl/N-ethyl adjacent to an activating group) is 1. The van der Waals surface area contributed by atoms with Crippen molar-refractivity contribution in [2.45, 2.75) is 296 Å². The second kappa shape index (κ2) is 52.1. The Balaban J connectivity index is 4.17. The molecule has 0 radical (unpaired) electrons. The molecule has 0 N–H and O–H groups in total. The fourth-order valence-electron chi connectivity index (χ4n) is 8.59. The Morgan fingerprint density at radius 2 is 0.739 bits per heavy atom. The molecule has 0 aliphatic rings. The van der Waals surface area contributed by atoms with E-state index in [1.165, 1.54) is 218 Å². The smallest absolute Gasteiger partial charge is 0.306 e. The lowest BCUT2D eigenvalue weighted by Gasteiger charge is -2.26. The van der Waals surface area contributed by atoms with Crippen molar-refractivity contribution in [1.29, 1.82) is 0 Å². The number of ether oxygens (including phenoxy) is 4. The van der Waals surface area contributed by atoms with E-state index in [9.17, 15) is 19.5 Å². The number of unbranched alkanes of at least 4 members (excludes halogenated alkanes) is 36. The molecule has 406 valence electrons. The Bertz CT molecular complexity index is 1180. The van der Waals surface area contributed by atoms with Crippen molar-refractivity contribution in [3.8, 4) is 0 Å². The van der Waals surface area contributed by atoms with Crippen LogP contribution in [0.5, 0.6) is 0 Å². The van der Waals surface area contributed by atoms with E-state index >= 15 is 0 Å². The molecule has 0 fully saturated rings. The summed E-state index contributed by atoms with van der Waals surface area (Å²) < 4.78 is 22.7.